The van der Waals surface area contributed by atoms with Crippen LogP contribution in [-0.4, -0.2) is 49.4 Å². The molecule has 0 saturated heterocycles. The van der Waals surface area contributed by atoms with Gasteiger partial charge in [0.2, 0.25) is 11.8 Å². The van der Waals surface area contributed by atoms with Crippen molar-refractivity contribution in [3.8, 4) is 0 Å². The Kier molecular flexibility index (Phi) is 8.94. The highest BCUT2D eigenvalue weighted by Crippen LogP contribution is 2.20. The summed E-state index contributed by atoms with van der Waals surface area (Å²) in [4.78, 5) is 36.8. The van der Waals surface area contributed by atoms with Gasteiger partial charge < -0.3 is 10.6 Å². The van der Waals surface area contributed by atoms with E-state index in [9.17, 15) is 14.4 Å². The van der Waals surface area contributed by atoms with Crippen LogP contribution in [0.4, 0.5) is 10.5 Å². The molecule has 25 heavy (non-hydrogen) atoms. The molecule has 0 aromatic heterocycles. The molecule has 3 N–H and O–H groups in total. The molecule has 0 atom stereocenters. The summed E-state index contributed by atoms with van der Waals surface area (Å²) in [6.07, 6.45) is 0.837. The molecule has 7 nitrogen and oxygen atoms in total. The number of benzene rings is 1. The first-order valence-corrected chi connectivity index (χ1v) is 8.46. The lowest BCUT2D eigenvalue weighted by atomic mass is 10.1. The maximum Gasteiger partial charge on any atom is 0.321 e. The number of nitrogens with zero attached hydrogens (tertiary/aromatic N) is 1. The van der Waals surface area contributed by atoms with E-state index >= 15 is 0 Å². The van der Waals surface area contributed by atoms with Crippen LogP contribution >= 0.6 is 11.6 Å². The number of urea groups is 1. The van der Waals surface area contributed by atoms with E-state index < -0.39 is 11.9 Å². The van der Waals surface area contributed by atoms with Gasteiger partial charge in [-0.15, -0.1) is 0 Å². The van der Waals surface area contributed by atoms with Crippen molar-refractivity contribution in [2.24, 2.45) is 5.92 Å². The van der Waals surface area contributed by atoms with Crippen LogP contribution in [0.25, 0.3) is 0 Å². The highest BCUT2D eigenvalue weighted by molar-refractivity contribution is 6.33. The molecule has 0 bridgehead atoms. The number of hydrogen-bond acceptors (Lipinski definition) is 4. The average Bonchev–Trinajstić information content (AvgIpc) is 2.48. The van der Waals surface area contributed by atoms with Crippen molar-refractivity contribution in [2.45, 2.75) is 20.3 Å². The van der Waals surface area contributed by atoms with Gasteiger partial charge in [-0.1, -0.05) is 37.6 Å². The maximum atomic E-state index is 12.0. The van der Waals surface area contributed by atoms with Gasteiger partial charge in [-0.05, 0) is 31.5 Å². The fourth-order valence-electron chi connectivity index (χ4n) is 1.98. The molecule has 0 unspecified atom stereocenters. The van der Waals surface area contributed by atoms with Crippen molar-refractivity contribution in [1.29, 1.82) is 0 Å². The van der Waals surface area contributed by atoms with Crippen LogP contribution in [0.1, 0.15) is 20.3 Å². The topological polar surface area (TPSA) is 90.5 Å². The van der Waals surface area contributed by atoms with E-state index in [1.54, 1.807) is 31.3 Å². The van der Waals surface area contributed by atoms with Crippen molar-refractivity contribution in [3.05, 3.63) is 29.3 Å². The van der Waals surface area contributed by atoms with Gasteiger partial charge in [0.15, 0.2) is 0 Å². The fraction of sp³-hybridized carbons (Fsp3) is 0.471. The lowest BCUT2D eigenvalue weighted by molar-refractivity contribution is -0.122. The summed E-state index contributed by atoms with van der Waals surface area (Å²) in [6.45, 7) is 4.52. The third-order valence-electron chi connectivity index (χ3n) is 3.24. The minimum atomic E-state index is -0.528. The highest BCUT2D eigenvalue weighted by Gasteiger charge is 2.13. The Balaban J connectivity index is 2.31. The molecule has 8 heteroatoms. The monoisotopic (exact) mass is 368 g/mol. The number of amides is 4. The summed E-state index contributed by atoms with van der Waals surface area (Å²) in [5, 5.41) is 7.96. The van der Waals surface area contributed by atoms with Crippen LogP contribution in [0.5, 0.6) is 0 Å². The average molecular weight is 369 g/mol. The first-order chi connectivity index (χ1) is 11.8. The molecule has 4 amide bonds. The molecule has 0 aliphatic heterocycles. The zero-order chi connectivity index (χ0) is 18.8. The molecular weight excluding hydrogens is 344 g/mol. The zero-order valence-corrected chi connectivity index (χ0v) is 15.5. The van der Waals surface area contributed by atoms with E-state index in [1.165, 1.54) is 4.90 Å². The van der Waals surface area contributed by atoms with Gasteiger partial charge in [-0.25, -0.2) is 4.79 Å². The lowest BCUT2D eigenvalue weighted by Gasteiger charge is -2.16. The molecule has 1 aromatic carbocycles. The second kappa shape index (κ2) is 10.7. The Bertz CT molecular complexity index is 607. The van der Waals surface area contributed by atoms with Crippen LogP contribution in [0.15, 0.2) is 24.3 Å². The van der Waals surface area contributed by atoms with Gasteiger partial charge in [0.25, 0.3) is 0 Å². The largest absolute Gasteiger partial charge is 0.338 e. The van der Waals surface area contributed by atoms with E-state index in [-0.39, 0.29) is 19.0 Å². The van der Waals surface area contributed by atoms with E-state index in [1.807, 2.05) is 13.8 Å². The van der Waals surface area contributed by atoms with Crippen LogP contribution in [-0.2, 0) is 9.59 Å². The van der Waals surface area contributed by atoms with Crippen molar-refractivity contribution in [2.75, 3.05) is 32.0 Å². The molecule has 0 aliphatic rings. The number of carbonyl (C=O) groups is 3. The van der Waals surface area contributed by atoms with E-state index in [0.29, 0.717) is 23.2 Å². The zero-order valence-electron chi connectivity index (χ0n) is 14.8. The lowest BCUT2D eigenvalue weighted by Crippen LogP contribution is -2.45. The van der Waals surface area contributed by atoms with Crippen molar-refractivity contribution in [1.82, 2.24) is 15.5 Å². The van der Waals surface area contributed by atoms with E-state index in [0.717, 1.165) is 6.42 Å². The molecule has 138 valence electrons. The van der Waals surface area contributed by atoms with Gasteiger partial charge in [0, 0.05) is 6.54 Å². The number of anilines is 1. The Labute approximate surface area is 153 Å². The minimum absolute atomic E-state index is 0.00634. The van der Waals surface area contributed by atoms with Crippen LogP contribution < -0.4 is 16.0 Å². The Hall–Kier alpha value is -2.12. The van der Waals surface area contributed by atoms with Gasteiger partial charge in [0.05, 0.1) is 23.8 Å². The molecule has 0 spiro atoms. The molecule has 1 aromatic rings. The van der Waals surface area contributed by atoms with Gasteiger partial charge in [-0.3, -0.25) is 19.8 Å². The normalized spacial score (nSPS) is 10.6. The Morgan fingerprint density at radius 3 is 2.40 bits per heavy atom. The second-order valence-corrected chi connectivity index (χ2v) is 6.59. The number of hydrogen-bond donors (Lipinski definition) is 3. The molecular formula is C17H25ClN4O3. The van der Waals surface area contributed by atoms with E-state index in [2.05, 4.69) is 16.0 Å². The first-order valence-electron chi connectivity index (χ1n) is 8.08. The molecule has 0 heterocycles. The number of likely N-dealkylation sites (N-methyl/N-ethyl adjacent to an activating group) is 1. The van der Waals surface area contributed by atoms with E-state index in [4.69, 9.17) is 11.6 Å². The smallest absolute Gasteiger partial charge is 0.321 e. The maximum absolute atomic E-state index is 12.0. The summed E-state index contributed by atoms with van der Waals surface area (Å²) in [6, 6.07) is 6.36. The summed E-state index contributed by atoms with van der Waals surface area (Å²) >= 11 is 5.97. The number of nitrogens with one attached hydrogen (secondary N) is 3. The predicted octanol–water partition coefficient (Wildman–Crippen LogP) is 2.08. The summed E-state index contributed by atoms with van der Waals surface area (Å²) in [7, 11) is 1.61. The number of para-hydroxylation sites is 1. The molecule has 0 radical (unpaired) electrons. The number of halogens is 1. The Morgan fingerprint density at radius 2 is 1.76 bits per heavy atom. The fourth-order valence-corrected chi connectivity index (χ4v) is 2.17. The summed E-state index contributed by atoms with van der Waals surface area (Å²) in [5.74, 6) is -0.307. The van der Waals surface area contributed by atoms with Gasteiger partial charge >= 0.3 is 6.03 Å². The second-order valence-electron chi connectivity index (χ2n) is 6.19. The third kappa shape index (κ3) is 9.07. The highest BCUT2D eigenvalue weighted by atomic mass is 35.5. The summed E-state index contributed by atoms with van der Waals surface area (Å²) in [5.41, 5.74) is 0.511. The molecule has 0 aliphatic carbocycles. The first kappa shape index (κ1) is 20.9. The SMILES string of the molecule is CC(C)CCNC(=O)NC(=O)CN(C)CC(=O)Nc1ccccc1Cl. The minimum Gasteiger partial charge on any atom is -0.338 e. The standard InChI is InChI=1S/C17H25ClN4O3/c1-12(2)8-9-19-17(25)21-16(24)11-22(3)10-15(23)20-14-7-5-4-6-13(14)18/h4-7,12H,8-11H2,1-3H3,(H,20,23)(H2,19,21,24,25). The number of rotatable bonds is 8. The van der Waals surface area contributed by atoms with Gasteiger partial charge in [-0.2, -0.15) is 0 Å². The number of carbonyl (C=O) groups excluding carboxylic acids is 3. The quantitative estimate of drug-likeness (QED) is 0.655. The van der Waals surface area contributed by atoms with Crippen molar-refractivity contribution in [3.63, 3.8) is 0 Å². The van der Waals surface area contributed by atoms with Crippen LogP contribution in [0.2, 0.25) is 5.02 Å². The number of imide groups is 1. The van der Waals surface area contributed by atoms with Crippen LogP contribution in [0, 0.1) is 5.92 Å². The molecule has 1 rings (SSSR count). The predicted molar refractivity (Wildman–Crippen MR) is 98.6 cm³/mol. The van der Waals surface area contributed by atoms with Crippen molar-refractivity contribution >= 4 is 35.1 Å². The third-order valence-corrected chi connectivity index (χ3v) is 3.56. The molecule has 0 fully saturated rings. The summed E-state index contributed by atoms with van der Waals surface area (Å²) < 4.78 is 0. The van der Waals surface area contributed by atoms with Crippen molar-refractivity contribution < 1.29 is 14.4 Å². The van der Waals surface area contributed by atoms with Gasteiger partial charge in [0.1, 0.15) is 0 Å². The van der Waals surface area contributed by atoms with Crippen LogP contribution in [0.3, 0.4) is 0 Å². The molecule has 0 saturated carbocycles. The Morgan fingerprint density at radius 1 is 1.12 bits per heavy atom.